The van der Waals surface area contributed by atoms with Crippen LogP contribution in [0.25, 0.3) is 0 Å². The fourth-order valence-electron chi connectivity index (χ4n) is 2.70. The lowest BCUT2D eigenvalue weighted by atomic mass is 10.1. The number of hydrogen-bond donors (Lipinski definition) is 2. The van der Waals surface area contributed by atoms with Crippen LogP contribution in [-0.4, -0.2) is 24.6 Å². The van der Waals surface area contributed by atoms with Gasteiger partial charge in [-0.25, -0.2) is 5.43 Å². The first-order valence-electron chi connectivity index (χ1n) is 9.64. The van der Waals surface area contributed by atoms with Gasteiger partial charge in [-0.05, 0) is 54.4 Å². The molecule has 158 valence electrons. The summed E-state index contributed by atoms with van der Waals surface area (Å²) in [5.41, 5.74) is 5.64. The SMILES string of the molecule is Cc1cccc(C(=O)NCC(=O)N/N=C/c2cccc(OCc3ccc(Cl)cc3)c2)c1. The third-order valence-electron chi connectivity index (χ3n) is 4.27. The number of rotatable bonds is 8. The minimum Gasteiger partial charge on any atom is -0.489 e. The molecule has 2 N–H and O–H groups in total. The van der Waals surface area contributed by atoms with Gasteiger partial charge >= 0.3 is 0 Å². The molecular formula is C24H22ClN3O3. The van der Waals surface area contributed by atoms with E-state index in [1.807, 2.05) is 61.5 Å². The lowest BCUT2D eigenvalue weighted by molar-refractivity contribution is -0.120. The molecule has 0 unspecified atom stereocenters. The summed E-state index contributed by atoms with van der Waals surface area (Å²) < 4.78 is 5.78. The van der Waals surface area contributed by atoms with Crippen molar-refractivity contribution in [2.45, 2.75) is 13.5 Å². The average Bonchev–Trinajstić information content (AvgIpc) is 2.77. The highest BCUT2D eigenvalue weighted by Gasteiger charge is 2.07. The highest BCUT2D eigenvalue weighted by Crippen LogP contribution is 2.15. The number of halogens is 1. The highest BCUT2D eigenvalue weighted by molar-refractivity contribution is 6.30. The summed E-state index contributed by atoms with van der Waals surface area (Å²) in [5, 5.41) is 7.18. The molecule has 2 amide bonds. The van der Waals surface area contributed by atoms with Crippen LogP contribution in [-0.2, 0) is 11.4 Å². The minimum absolute atomic E-state index is 0.172. The molecule has 0 aromatic heterocycles. The topological polar surface area (TPSA) is 79.8 Å². The van der Waals surface area contributed by atoms with E-state index in [0.29, 0.717) is 22.9 Å². The summed E-state index contributed by atoms with van der Waals surface area (Å²) in [6, 6.07) is 21.9. The number of hydrazone groups is 1. The molecule has 0 aliphatic heterocycles. The van der Waals surface area contributed by atoms with Crippen LogP contribution in [0.3, 0.4) is 0 Å². The molecule has 3 rings (SSSR count). The van der Waals surface area contributed by atoms with Crippen LogP contribution in [0.1, 0.15) is 27.0 Å². The molecule has 0 heterocycles. The van der Waals surface area contributed by atoms with Crippen molar-refractivity contribution in [3.05, 3.63) is 100 Å². The Hall–Kier alpha value is -3.64. The highest BCUT2D eigenvalue weighted by atomic mass is 35.5. The molecule has 31 heavy (non-hydrogen) atoms. The zero-order valence-corrected chi connectivity index (χ0v) is 17.7. The van der Waals surface area contributed by atoms with Crippen molar-refractivity contribution in [2.24, 2.45) is 5.10 Å². The van der Waals surface area contributed by atoms with Gasteiger partial charge in [-0.15, -0.1) is 0 Å². The van der Waals surface area contributed by atoms with Crippen molar-refractivity contribution in [1.29, 1.82) is 0 Å². The molecule has 0 saturated heterocycles. The Bertz CT molecular complexity index is 1080. The zero-order chi connectivity index (χ0) is 22.1. The second-order valence-electron chi connectivity index (χ2n) is 6.83. The van der Waals surface area contributed by atoms with Crippen molar-refractivity contribution < 1.29 is 14.3 Å². The first-order valence-corrected chi connectivity index (χ1v) is 10.0. The number of nitrogens with zero attached hydrogens (tertiary/aromatic N) is 1. The van der Waals surface area contributed by atoms with Gasteiger partial charge in [0.2, 0.25) is 0 Å². The summed E-state index contributed by atoms with van der Waals surface area (Å²) in [7, 11) is 0. The molecule has 3 aromatic carbocycles. The van der Waals surface area contributed by atoms with Gasteiger partial charge in [0.15, 0.2) is 0 Å². The van der Waals surface area contributed by atoms with E-state index in [9.17, 15) is 9.59 Å². The number of amides is 2. The summed E-state index contributed by atoms with van der Waals surface area (Å²) in [4.78, 5) is 24.0. The van der Waals surface area contributed by atoms with E-state index in [4.69, 9.17) is 16.3 Å². The number of ether oxygens (including phenoxy) is 1. The van der Waals surface area contributed by atoms with Crippen LogP contribution in [0.4, 0.5) is 0 Å². The molecule has 0 spiro atoms. The first-order chi connectivity index (χ1) is 15.0. The van der Waals surface area contributed by atoms with Crippen molar-refractivity contribution in [1.82, 2.24) is 10.7 Å². The Labute approximate surface area is 185 Å². The van der Waals surface area contributed by atoms with Gasteiger partial charge < -0.3 is 10.1 Å². The Kier molecular flexibility index (Phi) is 7.79. The Balaban J connectivity index is 1.45. The van der Waals surface area contributed by atoms with Gasteiger partial charge in [0.25, 0.3) is 11.8 Å². The maximum Gasteiger partial charge on any atom is 0.259 e. The lowest BCUT2D eigenvalue weighted by Crippen LogP contribution is -2.34. The van der Waals surface area contributed by atoms with Crippen molar-refractivity contribution in [3.8, 4) is 5.75 Å². The van der Waals surface area contributed by atoms with Gasteiger partial charge in [-0.2, -0.15) is 5.10 Å². The van der Waals surface area contributed by atoms with E-state index in [1.165, 1.54) is 6.21 Å². The van der Waals surface area contributed by atoms with E-state index in [2.05, 4.69) is 15.8 Å². The lowest BCUT2D eigenvalue weighted by Gasteiger charge is -2.07. The van der Waals surface area contributed by atoms with E-state index in [-0.39, 0.29) is 12.5 Å². The molecule has 0 bridgehead atoms. The third kappa shape index (κ3) is 7.28. The Morgan fingerprint density at radius 1 is 1.03 bits per heavy atom. The van der Waals surface area contributed by atoms with Crippen LogP contribution in [0.15, 0.2) is 77.9 Å². The Morgan fingerprint density at radius 3 is 2.58 bits per heavy atom. The fraction of sp³-hybridized carbons (Fsp3) is 0.125. The van der Waals surface area contributed by atoms with Crippen molar-refractivity contribution >= 4 is 29.6 Å². The molecule has 6 nitrogen and oxygen atoms in total. The monoisotopic (exact) mass is 435 g/mol. The second kappa shape index (κ2) is 10.9. The summed E-state index contributed by atoms with van der Waals surface area (Å²) in [6.07, 6.45) is 1.51. The standard InChI is InChI=1S/C24H22ClN3O3/c1-17-4-2-6-20(12-17)24(30)26-15-23(29)28-27-14-19-5-3-7-22(13-19)31-16-18-8-10-21(25)11-9-18/h2-14H,15-16H2,1H3,(H,26,30)(H,28,29)/b27-14+. The smallest absolute Gasteiger partial charge is 0.259 e. The molecular weight excluding hydrogens is 414 g/mol. The molecule has 0 radical (unpaired) electrons. The summed E-state index contributed by atoms with van der Waals surface area (Å²) in [6.45, 7) is 2.14. The zero-order valence-electron chi connectivity index (χ0n) is 17.0. The van der Waals surface area contributed by atoms with Gasteiger partial charge in [-0.3, -0.25) is 9.59 Å². The Morgan fingerprint density at radius 2 is 1.81 bits per heavy atom. The predicted octanol–water partition coefficient (Wildman–Crippen LogP) is 4.11. The first kappa shape index (κ1) is 22.1. The van der Waals surface area contributed by atoms with Gasteiger partial charge in [0.05, 0.1) is 12.8 Å². The molecule has 0 fully saturated rings. The summed E-state index contributed by atoms with van der Waals surface area (Å²) in [5.74, 6) is -0.0589. The number of aryl methyl sites for hydroxylation is 1. The van der Waals surface area contributed by atoms with Gasteiger partial charge in [-0.1, -0.05) is 53.6 Å². The third-order valence-corrected chi connectivity index (χ3v) is 4.52. The number of nitrogens with one attached hydrogen (secondary N) is 2. The second-order valence-corrected chi connectivity index (χ2v) is 7.27. The number of hydrogen-bond acceptors (Lipinski definition) is 4. The molecule has 0 saturated carbocycles. The summed E-state index contributed by atoms with van der Waals surface area (Å²) >= 11 is 5.88. The van der Waals surface area contributed by atoms with E-state index >= 15 is 0 Å². The number of benzene rings is 3. The van der Waals surface area contributed by atoms with Crippen LogP contribution >= 0.6 is 11.6 Å². The number of carbonyl (C=O) groups excluding carboxylic acids is 2. The molecule has 7 heteroatoms. The largest absolute Gasteiger partial charge is 0.489 e. The van der Waals surface area contributed by atoms with Crippen molar-refractivity contribution in [2.75, 3.05) is 6.54 Å². The maximum absolute atomic E-state index is 12.1. The van der Waals surface area contributed by atoms with Gasteiger partial charge in [0.1, 0.15) is 12.4 Å². The molecule has 0 aliphatic carbocycles. The molecule has 3 aromatic rings. The van der Waals surface area contributed by atoms with E-state index in [1.54, 1.807) is 18.2 Å². The van der Waals surface area contributed by atoms with Crippen molar-refractivity contribution in [3.63, 3.8) is 0 Å². The molecule has 0 atom stereocenters. The average molecular weight is 436 g/mol. The predicted molar refractivity (Wildman–Crippen MR) is 121 cm³/mol. The van der Waals surface area contributed by atoms with Gasteiger partial charge in [0, 0.05) is 10.6 Å². The van der Waals surface area contributed by atoms with Crippen LogP contribution in [0.5, 0.6) is 5.75 Å². The fourth-order valence-corrected chi connectivity index (χ4v) is 2.83. The van der Waals surface area contributed by atoms with E-state index in [0.717, 1.165) is 16.7 Å². The van der Waals surface area contributed by atoms with E-state index < -0.39 is 5.91 Å². The quantitative estimate of drug-likeness (QED) is 0.413. The van der Waals surface area contributed by atoms with Crippen LogP contribution in [0, 0.1) is 6.92 Å². The van der Waals surface area contributed by atoms with Crippen LogP contribution in [0.2, 0.25) is 5.02 Å². The number of carbonyl (C=O) groups is 2. The van der Waals surface area contributed by atoms with Crippen LogP contribution < -0.4 is 15.5 Å². The minimum atomic E-state index is -0.424. The molecule has 0 aliphatic rings. The normalized spacial score (nSPS) is 10.6. The maximum atomic E-state index is 12.1.